The summed E-state index contributed by atoms with van der Waals surface area (Å²) in [6.07, 6.45) is 5.56. The van der Waals surface area contributed by atoms with Crippen LogP contribution in [0.15, 0.2) is 25.3 Å². The van der Waals surface area contributed by atoms with Gasteiger partial charge in [0.2, 0.25) is 0 Å². The minimum atomic E-state index is -4.41. The molecule has 0 bridgehead atoms. The molecule has 0 aliphatic carbocycles. The topological polar surface area (TPSA) is 63.6 Å². The van der Waals surface area contributed by atoms with E-state index < -0.39 is 16.0 Å². The summed E-state index contributed by atoms with van der Waals surface area (Å²) in [7, 11) is -4.41. The van der Waals surface area contributed by atoms with Gasteiger partial charge in [-0.15, -0.1) is 13.2 Å². The van der Waals surface area contributed by atoms with Crippen LogP contribution in [0.5, 0.6) is 0 Å². The second-order valence-corrected chi connectivity index (χ2v) is 5.41. The van der Waals surface area contributed by atoms with Gasteiger partial charge in [0.1, 0.15) is 0 Å². The highest BCUT2D eigenvalue weighted by Crippen LogP contribution is 2.26. The van der Waals surface area contributed by atoms with Gasteiger partial charge >= 0.3 is 10.4 Å². The quantitative estimate of drug-likeness (QED) is 0.530. The molecular weight excluding hydrogens is 228 g/mol. The van der Waals surface area contributed by atoms with E-state index in [0.717, 1.165) is 12.8 Å². The van der Waals surface area contributed by atoms with Gasteiger partial charge in [-0.25, -0.2) is 4.18 Å². The maximum Gasteiger partial charge on any atom is 0.397 e. The van der Waals surface area contributed by atoms with Crippen molar-refractivity contribution >= 4 is 10.4 Å². The number of hydrogen-bond acceptors (Lipinski definition) is 3. The lowest BCUT2D eigenvalue weighted by Crippen LogP contribution is -2.30. The lowest BCUT2D eigenvalue weighted by Gasteiger charge is -2.27. The van der Waals surface area contributed by atoms with Crippen molar-refractivity contribution in [2.45, 2.75) is 38.7 Å². The first-order valence-corrected chi connectivity index (χ1v) is 6.46. The minimum Gasteiger partial charge on any atom is -0.264 e. The molecule has 0 saturated heterocycles. The van der Waals surface area contributed by atoms with Gasteiger partial charge in [0.05, 0.1) is 5.60 Å². The number of hydrogen-bond donors (Lipinski definition) is 1. The molecule has 0 aliphatic heterocycles. The van der Waals surface area contributed by atoms with Gasteiger partial charge in [0.25, 0.3) is 0 Å². The Labute approximate surface area is 98.0 Å². The van der Waals surface area contributed by atoms with E-state index in [0.29, 0.717) is 6.42 Å². The smallest absolute Gasteiger partial charge is 0.264 e. The Balaban J connectivity index is 4.51. The highest BCUT2D eigenvalue weighted by atomic mass is 32.3. The van der Waals surface area contributed by atoms with Crippen molar-refractivity contribution < 1.29 is 17.2 Å². The van der Waals surface area contributed by atoms with E-state index in [-0.39, 0.29) is 5.92 Å². The monoisotopic (exact) mass is 248 g/mol. The number of rotatable bonds is 8. The molecule has 0 aromatic rings. The average Bonchev–Trinajstić information content (AvgIpc) is 1.98. The van der Waals surface area contributed by atoms with E-state index >= 15 is 0 Å². The molecule has 5 heteroatoms. The highest BCUT2D eigenvalue weighted by Gasteiger charge is 2.28. The van der Waals surface area contributed by atoms with Gasteiger partial charge in [-0.05, 0) is 39.0 Å². The van der Waals surface area contributed by atoms with E-state index in [4.69, 9.17) is 4.55 Å². The van der Waals surface area contributed by atoms with Crippen LogP contribution in [0.2, 0.25) is 0 Å². The minimum absolute atomic E-state index is 0.215. The highest BCUT2D eigenvalue weighted by molar-refractivity contribution is 7.80. The Bertz CT molecular complexity index is 320. The predicted molar refractivity (Wildman–Crippen MR) is 64.4 cm³/mol. The molecule has 0 aliphatic rings. The third kappa shape index (κ3) is 7.62. The molecule has 16 heavy (non-hydrogen) atoms. The lowest BCUT2D eigenvalue weighted by molar-refractivity contribution is 0.0732. The normalized spacial score (nSPS) is 12.8. The summed E-state index contributed by atoms with van der Waals surface area (Å²) in [6.45, 7) is 10.5. The summed E-state index contributed by atoms with van der Waals surface area (Å²) in [5.74, 6) is 0.215. The van der Waals surface area contributed by atoms with E-state index in [9.17, 15) is 8.42 Å². The fourth-order valence-electron chi connectivity index (χ4n) is 1.75. The van der Waals surface area contributed by atoms with Crippen molar-refractivity contribution in [3.05, 3.63) is 25.3 Å². The molecule has 0 aromatic carbocycles. The molecule has 0 heterocycles. The molecule has 0 fully saturated rings. The average molecular weight is 248 g/mol. The fraction of sp³-hybridized carbons (Fsp3) is 0.636. The Kier molecular flexibility index (Phi) is 5.92. The fourth-order valence-corrected chi connectivity index (χ4v) is 2.39. The molecule has 0 atom stereocenters. The van der Waals surface area contributed by atoms with Crippen LogP contribution in [0.1, 0.15) is 33.1 Å². The van der Waals surface area contributed by atoms with Crippen LogP contribution in [-0.4, -0.2) is 18.6 Å². The van der Waals surface area contributed by atoms with Crippen LogP contribution >= 0.6 is 0 Å². The summed E-state index contributed by atoms with van der Waals surface area (Å²) in [4.78, 5) is 0. The third-order valence-corrected chi connectivity index (χ3v) is 2.77. The molecule has 0 saturated carbocycles. The summed E-state index contributed by atoms with van der Waals surface area (Å²) in [5.41, 5.74) is -0.926. The second kappa shape index (κ2) is 6.18. The Morgan fingerprint density at radius 3 is 2.06 bits per heavy atom. The summed E-state index contributed by atoms with van der Waals surface area (Å²) in [6, 6.07) is 0. The third-order valence-electron chi connectivity index (χ3n) is 2.11. The van der Waals surface area contributed by atoms with E-state index in [1.165, 1.54) is 0 Å². The SMILES string of the molecule is C=CCC(CC=C)CC(C)(C)OS(=O)(=O)O. The van der Waals surface area contributed by atoms with E-state index in [1.54, 1.807) is 26.0 Å². The Hall–Kier alpha value is -0.650. The first-order valence-electron chi connectivity index (χ1n) is 5.10. The van der Waals surface area contributed by atoms with E-state index in [2.05, 4.69) is 17.3 Å². The van der Waals surface area contributed by atoms with Crippen molar-refractivity contribution in [1.29, 1.82) is 0 Å². The lowest BCUT2D eigenvalue weighted by atomic mass is 9.89. The Morgan fingerprint density at radius 1 is 1.31 bits per heavy atom. The zero-order valence-electron chi connectivity index (χ0n) is 9.85. The van der Waals surface area contributed by atoms with Crippen LogP contribution in [0.25, 0.3) is 0 Å². The van der Waals surface area contributed by atoms with Crippen molar-refractivity contribution in [2.75, 3.05) is 0 Å². The molecule has 0 amide bonds. The molecule has 94 valence electrons. The zero-order chi connectivity index (χ0) is 12.8. The van der Waals surface area contributed by atoms with Crippen LogP contribution in [0, 0.1) is 5.92 Å². The molecule has 0 radical (unpaired) electrons. The van der Waals surface area contributed by atoms with Crippen LogP contribution in [-0.2, 0) is 14.6 Å². The molecule has 0 aromatic heterocycles. The van der Waals surface area contributed by atoms with Gasteiger partial charge in [0, 0.05) is 0 Å². The molecule has 0 spiro atoms. The van der Waals surface area contributed by atoms with Gasteiger partial charge in [0.15, 0.2) is 0 Å². The van der Waals surface area contributed by atoms with Gasteiger partial charge in [-0.1, -0.05) is 12.2 Å². The molecule has 0 unspecified atom stereocenters. The summed E-state index contributed by atoms with van der Waals surface area (Å²) >= 11 is 0. The maximum atomic E-state index is 10.6. The van der Waals surface area contributed by atoms with Gasteiger partial charge in [-0.2, -0.15) is 8.42 Å². The van der Waals surface area contributed by atoms with Crippen LogP contribution in [0.3, 0.4) is 0 Å². The standard InChI is InChI=1S/C11H20O4S/c1-5-7-10(8-6-2)9-11(3,4)15-16(12,13)14/h5-6,10H,1-2,7-9H2,3-4H3,(H,12,13,14). The summed E-state index contributed by atoms with van der Waals surface area (Å²) in [5, 5.41) is 0. The molecule has 1 N–H and O–H groups in total. The Morgan fingerprint density at radius 2 is 1.75 bits per heavy atom. The molecular formula is C11H20O4S. The predicted octanol–water partition coefficient (Wildman–Crippen LogP) is 2.74. The first-order chi connectivity index (χ1) is 7.20. The van der Waals surface area contributed by atoms with Crippen molar-refractivity contribution in [1.82, 2.24) is 0 Å². The van der Waals surface area contributed by atoms with E-state index in [1.807, 2.05) is 0 Å². The maximum absolute atomic E-state index is 10.6. The summed E-state index contributed by atoms with van der Waals surface area (Å²) < 4.78 is 34.5. The molecule has 0 rings (SSSR count). The van der Waals surface area contributed by atoms with Crippen molar-refractivity contribution in [2.24, 2.45) is 5.92 Å². The van der Waals surface area contributed by atoms with Crippen LogP contribution in [0.4, 0.5) is 0 Å². The zero-order valence-corrected chi connectivity index (χ0v) is 10.7. The van der Waals surface area contributed by atoms with Gasteiger partial charge in [-0.3, -0.25) is 4.55 Å². The van der Waals surface area contributed by atoms with Crippen molar-refractivity contribution in [3.8, 4) is 0 Å². The van der Waals surface area contributed by atoms with Crippen molar-refractivity contribution in [3.63, 3.8) is 0 Å². The number of allylic oxidation sites excluding steroid dienone is 2. The largest absolute Gasteiger partial charge is 0.397 e. The van der Waals surface area contributed by atoms with Gasteiger partial charge < -0.3 is 0 Å². The van der Waals surface area contributed by atoms with Crippen LogP contribution < -0.4 is 0 Å². The second-order valence-electron chi connectivity index (χ2n) is 4.39. The molecule has 4 nitrogen and oxygen atoms in total. The first kappa shape index (κ1) is 15.3.